The van der Waals surface area contributed by atoms with Gasteiger partial charge in [0, 0.05) is 33.9 Å². The normalized spacial score (nSPS) is 9.53. The number of nitrogens with one attached hydrogen (secondary N) is 4. The van der Waals surface area contributed by atoms with Crippen molar-refractivity contribution in [2.24, 2.45) is 0 Å². The van der Waals surface area contributed by atoms with E-state index < -0.39 is 0 Å². The highest BCUT2D eigenvalue weighted by Gasteiger charge is 2.09. The number of hydrogen-bond donors (Lipinski definition) is 4. The van der Waals surface area contributed by atoms with Crippen LogP contribution < -0.4 is 21.3 Å². The maximum atomic E-state index is 12.4. The molecule has 0 unspecified atom stereocenters. The van der Waals surface area contributed by atoms with Crippen molar-refractivity contribution >= 4 is 34.6 Å². The topological polar surface area (TPSA) is 130 Å². The second-order valence-electron chi connectivity index (χ2n) is 6.12. The third-order valence-corrected chi connectivity index (χ3v) is 4.05. The number of rotatable bonds is 6. The second kappa shape index (κ2) is 9.40. The van der Waals surface area contributed by atoms with Crippen LogP contribution in [0.4, 0.5) is 22.7 Å². The molecular formula is C22H16N6O2. The monoisotopic (exact) mass is 396 g/mol. The molecule has 30 heavy (non-hydrogen) atoms. The van der Waals surface area contributed by atoms with Crippen LogP contribution in [0.3, 0.4) is 0 Å². The molecule has 0 atom stereocenters. The lowest BCUT2D eigenvalue weighted by molar-refractivity contribution is 0.101. The van der Waals surface area contributed by atoms with Gasteiger partial charge in [-0.3, -0.25) is 20.2 Å². The van der Waals surface area contributed by atoms with Crippen LogP contribution in [0.5, 0.6) is 0 Å². The van der Waals surface area contributed by atoms with Crippen LogP contribution in [0.2, 0.25) is 0 Å². The van der Waals surface area contributed by atoms with Gasteiger partial charge < -0.3 is 10.6 Å². The Hall–Kier alpha value is -4.82. The van der Waals surface area contributed by atoms with Crippen LogP contribution in [0.15, 0.2) is 72.8 Å². The lowest BCUT2D eigenvalue weighted by Crippen LogP contribution is -2.13. The van der Waals surface area contributed by atoms with Crippen LogP contribution in [0, 0.1) is 22.9 Å². The smallest absolute Gasteiger partial charge is 0.255 e. The molecule has 0 aliphatic rings. The molecule has 3 aromatic rings. The molecule has 0 heterocycles. The number of anilines is 4. The lowest BCUT2D eigenvalue weighted by Gasteiger charge is -2.09. The first-order valence-electron chi connectivity index (χ1n) is 8.82. The zero-order valence-corrected chi connectivity index (χ0v) is 15.6. The number of carbonyl (C=O) groups is 2. The molecule has 0 saturated carbocycles. The largest absolute Gasteiger partial charge is 0.322 e. The standard InChI is InChI=1S/C22H16N6O2/c23-13-25-19-5-1-3-15(11-19)21(29)27-17-7-9-18(10-8-17)28-22(30)16-4-2-6-20(12-16)26-14-24/h1-12,25-26H,(H,27,29)(H,28,30). The second-order valence-corrected chi connectivity index (χ2v) is 6.12. The van der Waals surface area contributed by atoms with Crippen molar-refractivity contribution in [1.82, 2.24) is 0 Å². The first kappa shape index (κ1) is 19.9. The maximum absolute atomic E-state index is 12.4. The SMILES string of the molecule is N#CNc1cccc(C(=O)Nc2ccc(NC(=O)c3cccc(NC#N)c3)cc2)c1. The molecule has 0 aliphatic carbocycles. The molecule has 4 N–H and O–H groups in total. The van der Waals surface area contributed by atoms with E-state index in [-0.39, 0.29) is 11.8 Å². The molecule has 0 fully saturated rings. The highest BCUT2D eigenvalue weighted by molar-refractivity contribution is 6.06. The van der Waals surface area contributed by atoms with Crippen molar-refractivity contribution in [3.8, 4) is 12.4 Å². The lowest BCUT2D eigenvalue weighted by atomic mass is 10.1. The molecule has 3 rings (SSSR count). The van der Waals surface area contributed by atoms with E-state index in [9.17, 15) is 9.59 Å². The molecule has 8 heteroatoms. The summed E-state index contributed by atoms with van der Waals surface area (Å²) < 4.78 is 0. The van der Waals surface area contributed by atoms with Gasteiger partial charge in [0.05, 0.1) is 0 Å². The van der Waals surface area contributed by atoms with Crippen molar-refractivity contribution in [3.63, 3.8) is 0 Å². The number of nitrogens with zero attached hydrogens (tertiary/aromatic N) is 2. The molecule has 8 nitrogen and oxygen atoms in total. The summed E-state index contributed by atoms with van der Waals surface area (Å²) >= 11 is 0. The van der Waals surface area contributed by atoms with Gasteiger partial charge in [-0.15, -0.1) is 0 Å². The molecule has 0 spiro atoms. The molecular weight excluding hydrogens is 380 g/mol. The van der Waals surface area contributed by atoms with Crippen LogP contribution >= 0.6 is 0 Å². The van der Waals surface area contributed by atoms with E-state index >= 15 is 0 Å². The van der Waals surface area contributed by atoms with Gasteiger partial charge >= 0.3 is 0 Å². The first-order chi connectivity index (χ1) is 14.6. The molecule has 2 amide bonds. The van der Waals surface area contributed by atoms with Crippen molar-refractivity contribution in [3.05, 3.63) is 83.9 Å². The van der Waals surface area contributed by atoms with Crippen molar-refractivity contribution in [2.45, 2.75) is 0 Å². The summed E-state index contributed by atoms with van der Waals surface area (Å²) in [6.07, 6.45) is 3.62. The maximum Gasteiger partial charge on any atom is 0.255 e. The number of nitriles is 2. The Bertz CT molecular complexity index is 1070. The highest BCUT2D eigenvalue weighted by Crippen LogP contribution is 2.18. The zero-order chi connectivity index (χ0) is 21.3. The van der Waals surface area contributed by atoms with Crippen molar-refractivity contribution in [1.29, 1.82) is 10.5 Å². The fraction of sp³-hybridized carbons (Fsp3) is 0. The molecule has 0 saturated heterocycles. The summed E-state index contributed by atoms with van der Waals surface area (Å²) in [5, 5.41) is 27.8. The van der Waals surface area contributed by atoms with Gasteiger partial charge in [-0.1, -0.05) is 12.1 Å². The van der Waals surface area contributed by atoms with Crippen LogP contribution in [0.1, 0.15) is 20.7 Å². The molecule has 3 aromatic carbocycles. The Labute approximate surface area is 172 Å². The Balaban J connectivity index is 1.64. The van der Waals surface area contributed by atoms with Gasteiger partial charge in [0.1, 0.15) is 0 Å². The van der Waals surface area contributed by atoms with Crippen molar-refractivity contribution < 1.29 is 9.59 Å². The van der Waals surface area contributed by atoms with Crippen molar-refractivity contribution in [2.75, 3.05) is 21.3 Å². The fourth-order valence-corrected chi connectivity index (χ4v) is 2.65. The Morgan fingerprint density at radius 1 is 0.600 bits per heavy atom. The number of carbonyl (C=O) groups excluding carboxylic acids is 2. The Morgan fingerprint density at radius 2 is 1.00 bits per heavy atom. The minimum absolute atomic E-state index is 0.324. The molecule has 146 valence electrons. The summed E-state index contributed by atoms with van der Waals surface area (Å²) in [6.45, 7) is 0. The number of hydrogen-bond acceptors (Lipinski definition) is 6. The van der Waals surface area contributed by atoms with E-state index in [0.29, 0.717) is 33.9 Å². The van der Waals surface area contributed by atoms with Gasteiger partial charge in [-0.25, -0.2) is 0 Å². The van der Waals surface area contributed by atoms with Gasteiger partial charge in [0.15, 0.2) is 12.4 Å². The molecule has 0 aromatic heterocycles. The number of benzene rings is 3. The summed E-state index contributed by atoms with van der Waals surface area (Å²) in [7, 11) is 0. The Kier molecular flexibility index (Phi) is 6.24. The molecule has 0 aliphatic heterocycles. The van der Waals surface area contributed by atoms with E-state index in [1.54, 1.807) is 72.8 Å². The van der Waals surface area contributed by atoms with Crippen LogP contribution in [-0.2, 0) is 0 Å². The molecule has 0 radical (unpaired) electrons. The zero-order valence-electron chi connectivity index (χ0n) is 15.6. The minimum Gasteiger partial charge on any atom is -0.322 e. The Morgan fingerprint density at radius 3 is 1.37 bits per heavy atom. The summed E-state index contributed by atoms with van der Waals surface area (Å²) in [6, 6.07) is 19.8. The van der Waals surface area contributed by atoms with Gasteiger partial charge in [-0.2, -0.15) is 10.5 Å². The van der Waals surface area contributed by atoms with Gasteiger partial charge in [0.2, 0.25) is 0 Å². The van der Waals surface area contributed by atoms with E-state index in [2.05, 4.69) is 21.3 Å². The van der Waals surface area contributed by atoms with Gasteiger partial charge in [0.25, 0.3) is 11.8 Å². The number of amides is 2. The average Bonchev–Trinajstić information content (AvgIpc) is 2.76. The quantitative estimate of drug-likeness (QED) is 0.368. The van der Waals surface area contributed by atoms with E-state index in [4.69, 9.17) is 10.5 Å². The highest BCUT2D eigenvalue weighted by atomic mass is 16.2. The van der Waals surface area contributed by atoms with E-state index in [1.165, 1.54) is 0 Å². The minimum atomic E-state index is -0.324. The third kappa shape index (κ3) is 5.12. The summed E-state index contributed by atoms with van der Waals surface area (Å²) in [4.78, 5) is 24.8. The van der Waals surface area contributed by atoms with E-state index in [1.807, 2.05) is 12.4 Å². The van der Waals surface area contributed by atoms with Crippen LogP contribution in [0.25, 0.3) is 0 Å². The van der Waals surface area contributed by atoms with Gasteiger partial charge in [-0.05, 0) is 60.7 Å². The van der Waals surface area contributed by atoms with E-state index in [0.717, 1.165) is 0 Å². The predicted octanol–water partition coefficient (Wildman–Crippen LogP) is 3.98. The third-order valence-electron chi connectivity index (χ3n) is 4.05. The summed E-state index contributed by atoms with van der Waals surface area (Å²) in [5.74, 6) is -0.648. The predicted molar refractivity (Wildman–Crippen MR) is 114 cm³/mol. The molecule has 0 bridgehead atoms. The fourth-order valence-electron chi connectivity index (χ4n) is 2.65. The summed E-state index contributed by atoms with van der Waals surface area (Å²) in [5.41, 5.74) is 2.96. The first-order valence-corrected chi connectivity index (χ1v) is 8.82. The van der Waals surface area contributed by atoms with Crippen LogP contribution in [-0.4, -0.2) is 11.8 Å². The average molecular weight is 396 g/mol.